The number of imidazole rings is 1. The lowest BCUT2D eigenvalue weighted by atomic mass is 10.0. The molecule has 0 saturated heterocycles. The van der Waals surface area contributed by atoms with E-state index in [0.717, 1.165) is 22.6 Å². The second-order valence-corrected chi connectivity index (χ2v) is 8.61. The summed E-state index contributed by atoms with van der Waals surface area (Å²) < 4.78 is 7.36. The van der Waals surface area contributed by atoms with E-state index in [0.29, 0.717) is 11.5 Å². The van der Waals surface area contributed by atoms with Crippen LogP contribution in [0.2, 0.25) is 0 Å². The van der Waals surface area contributed by atoms with Crippen LogP contribution in [0.15, 0.2) is 85.2 Å². The number of hydrogen-bond donors (Lipinski definition) is 1. The molecule has 1 aromatic heterocycles. The van der Waals surface area contributed by atoms with E-state index in [2.05, 4.69) is 46.7 Å². The molecule has 1 atom stereocenters. The topological polar surface area (TPSA) is 56.1 Å². The molecule has 1 N–H and O–H groups in total. The van der Waals surface area contributed by atoms with E-state index < -0.39 is 6.09 Å². The third-order valence-corrected chi connectivity index (χ3v) is 6.16. The van der Waals surface area contributed by atoms with Crippen LogP contribution in [0.4, 0.5) is 10.6 Å². The molecule has 4 aromatic rings. The zero-order chi connectivity index (χ0) is 22.8. The minimum absolute atomic E-state index is 0.353. The molecule has 1 aliphatic rings. The first-order chi connectivity index (χ1) is 16.1. The highest BCUT2D eigenvalue weighted by molar-refractivity contribution is 5.89. The fourth-order valence-electron chi connectivity index (χ4n) is 4.05. The Bertz CT molecular complexity index is 1240. The molecule has 1 fully saturated rings. The monoisotopic (exact) mass is 437 g/mol. The average molecular weight is 438 g/mol. The Labute approximate surface area is 194 Å². The maximum atomic E-state index is 12.6. The van der Waals surface area contributed by atoms with Crippen LogP contribution in [0.3, 0.4) is 0 Å². The second kappa shape index (κ2) is 8.94. The number of hydrogen-bond acceptors (Lipinski definition) is 3. The van der Waals surface area contributed by atoms with Gasteiger partial charge in [-0.1, -0.05) is 78.9 Å². The van der Waals surface area contributed by atoms with Crippen molar-refractivity contribution in [3.8, 4) is 22.4 Å². The van der Waals surface area contributed by atoms with Crippen molar-refractivity contribution in [1.82, 2.24) is 9.55 Å². The van der Waals surface area contributed by atoms with Gasteiger partial charge in [-0.05, 0) is 47.9 Å². The van der Waals surface area contributed by atoms with Crippen molar-refractivity contribution in [1.29, 1.82) is 0 Å². The van der Waals surface area contributed by atoms with Gasteiger partial charge in [-0.25, -0.2) is 9.78 Å². The Kier molecular flexibility index (Phi) is 5.69. The summed E-state index contributed by atoms with van der Waals surface area (Å²) in [5.41, 5.74) is 6.37. The Morgan fingerprint density at radius 1 is 0.939 bits per heavy atom. The quantitative estimate of drug-likeness (QED) is 0.355. The highest BCUT2D eigenvalue weighted by Crippen LogP contribution is 2.40. The largest absolute Gasteiger partial charge is 0.441 e. The van der Waals surface area contributed by atoms with Gasteiger partial charge in [0.2, 0.25) is 0 Å². The second-order valence-electron chi connectivity index (χ2n) is 8.61. The number of aryl methyl sites for hydroxylation is 1. The summed E-state index contributed by atoms with van der Waals surface area (Å²) in [5.74, 6) is 1.36. The van der Waals surface area contributed by atoms with Gasteiger partial charge in [0.1, 0.15) is 17.6 Å². The first-order valence-electron chi connectivity index (χ1n) is 11.3. The molecule has 0 spiro atoms. The van der Waals surface area contributed by atoms with Crippen LogP contribution >= 0.6 is 0 Å². The lowest BCUT2D eigenvalue weighted by molar-refractivity contribution is 0.121. The summed E-state index contributed by atoms with van der Waals surface area (Å²) in [6.45, 7) is 1.86. The maximum Gasteiger partial charge on any atom is 0.413 e. The van der Waals surface area contributed by atoms with Gasteiger partial charge < -0.3 is 9.30 Å². The minimum atomic E-state index is -0.511. The molecule has 33 heavy (non-hydrogen) atoms. The molecule has 1 heterocycles. The molecule has 0 unspecified atom stereocenters. The van der Waals surface area contributed by atoms with Crippen LogP contribution in [-0.4, -0.2) is 15.6 Å². The van der Waals surface area contributed by atoms with Crippen molar-refractivity contribution < 1.29 is 9.53 Å². The summed E-state index contributed by atoms with van der Waals surface area (Å²) in [6.07, 6.45) is 3.45. The predicted molar refractivity (Wildman–Crippen MR) is 131 cm³/mol. The van der Waals surface area contributed by atoms with Crippen LogP contribution in [0, 0.1) is 0 Å². The molecule has 0 bridgehead atoms. The normalized spacial score (nSPS) is 14.0. The van der Waals surface area contributed by atoms with Crippen LogP contribution in [0.25, 0.3) is 22.4 Å². The number of nitrogens with zero attached hydrogens (tertiary/aromatic N) is 2. The molecule has 0 aliphatic heterocycles. The van der Waals surface area contributed by atoms with Crippen molar-refractivity contribution in [2.45, 2.75) is 31.8 Å². The van der Waals surface area contributed by atoms with Crippen molar-refractivity contribution in [3.05, 3.63) is 96.3 Å². The summed E-state index contributed by atoms with van der Waals surface area (Å²) in [5, 5.41) is 2.87. The van der Waals surface area contributed by atoms with Crippen LogP contribution < -0.4 is 5.32 Å². The Morgan fingerprint density at radius 3 is 2.18 bits per heavy atom. The highest BCUT2D eigenvalue weighted by atomic mass is 16.6. The van der Waals surface area contributed by atoms with Crippen molar-refractivity contribution in [3.63, 3.8) is 0 Å². The summed E-state index contributed by atoms with van der Waals surface area (Å²) in [7, 11) is 1.85. The van der Waals surface area contributed by atoms with Crippen molar-refractivity contribution in [2.75, 3.05) is 5.32 Å². The number of rotatable bonds is 6. The zero-order valence-corrected chi connectivity index (χ0v) is 18.9. The summed E-state index contributed by atoms with van der Waals surface area (Å²) >= 11 is 0. The lowest BCUT2D eigenvalue weighted by Gasteiger charge is -2.15. The fourth-order valence-corrected chi connectivity index (χ4v) is 4.05. The van der Waals surface area contributed by atoms with Crippen molar-refractivity contribution >= 4 is 11.9 Å². The molecule has 0 radical (unpaired) electrons. The van der Waals surface area contributed by atoms with Gasteiger partial charge in [-0.2, -0.15) is 0 Å². The smallest absolute Gasteiger partial charge is 0.413 e. The third-order valence-electron chi connectivity index (χ3n) is 6.16. The van der Waals surface area contributed by atoms with E-state index in [1.807, 2.05) is 56.4 Å². The number of ether oxygens (including phenoxy) is 1. The van der Waals surface area contributed by atoms with E-state index in [-0.39, 0.29) is 6.10 Å². The van der Waals surface area contributed by atoms with Gasteiger partial charge in [0.15, 0.2) is 0 Å². The van der Waals surface area contributed by atoms with E-state index in [9.17, 15) is 4.79 Å². The first kappa shape index (κ1) is 21.0. The summed E-state index contributed by atoms with van der Waals surface area (Å²) in [4.78, 5) is 17.1. The standard InChI is InChI=1S/C28H27N3O2/c1-19(20-6-4-3-5-7-20)33-28(32)30-27-26(29-18-31(27)2)25-16-14-24(15-17-25)23-12-10-22(11-13-23)21-8-9-21/h3-7,10-19,21H,8-9H2,1-2H3,(H,30,32)/t19-/m1/s1. The SMILES string of the molecule is C[C@@H](OC(=O)Nc1c(-c2ccc(-c3ccc(C4CC4)cc3)cc2)ncn1C)c1ccccc1. The average Bonchev–Trinajstić information content (AvgIpc) is 3.64. The Balaban J connectivity index is 1.30. The minimum Gasteiger partial charge on any atom is -0.441 e. The van der Waals surface area contributed by atoms with Gasteiger partial charge >= 0.3 is 6.09 Å². The molecular formula is C28H27N3O2. The number of amides is 1. The molecule has 166 valence electrons. The number of benzene rings is 3. The van der Waals surface area contributed by atoms with Crippen LogP contribution in [0.5, 0.6) is 0 Å². The van der Waals surface area contributed by atoms with E-state index in [1.54, 1.807) is 10.9 Å². The van der Waals surface area contributed by atoms with Gasteiger partial charge in [0.05, 0.1) is 6.33 Å². The van der Waals surface area contributed by atoms with E-state index in [4.69, 9.17) is 4.74 Å². The van der Waals surface area contributed by atoms with Crippen LogP contribution in [0.1, 0.15) is 42.9 Å². The van der Waals surface area contributed by atoms with Gasteiger partial charge in [0.25, 0.3) is 0 Å². The predicted octanol–water partition coefficient (Wildman–Crippen LogP) is 6.94. The number of carbonyl (C=O) groups is 1. The number of aromatic nitrogens is 2. The van der Waals surface area contributed by atoms with E-state index in [1.165, 1.54) is 24.0 Å². The molecule has 1 aliphatic carbocycles. The highest BCUT2D eigenvalue weighted by Gasteiger charge is 2.23. The number of carbonyl (C=O) groups excluding carboxylic acids is 1. The number of nitrogens with one attached hydrogen (secondary N) is 1. The Hall–Kier alpha value is -3.86. The van der Waals surface area contributed by atoms with Crippen LogP contribution in [-0.2, 0) is 11.8 Å². The fraction of sp³-hybridized carbons (Fsp3) is 0.214. The molecule has 5 rings (SSSR count). The van der Waals surface area contributed by atoms with Crippen molar-refractivity contribution in [2.24, 2.45) is 7.05 Å². The van der Waals surface area contributed by atoms with Gasteiger partial charge in [-0.3, -0.25) is 5.32 Å². The molecule has 5 heteroatoms. The summed E-state index contributed by atoms with van der Waals surface area (Å²) in [6, 6.07) is 26.8. The number of anilines is 1. The molecule has 1 saturated carbocycles. The zero-order valence-electron chi connectivity index (χ0n) is 18.9. The van der Waals surface area contributed by atoms with E-state index >= 15 is 0 Å². The van der Waals surface area contributed by atoms with Gasteiger partial charge in [0, 0.05) is 12.6 Å². The maximum absolute atomic E-state index is 12.6. The first-order valence-corrected chi connectivity index (χ1v) is 11.3. The molecular weight excluding hydrogens is 410 g/mol. The molecule has 5 nitrogen and oxygen atoms in total. The molecule has 1 amide bonds. The third kappa shape index (κ3) is 4.67. The van der Waals surface area contributed by atoms with Gasteiger partial charge in [-0.15, -0.1) is 0 Å². The lowest BCUT2D eigenvalue weighted by Crippen LogP contribution is -2.18. The Morgan fingerprint density at radius 2 is 1.55 bits per heavy atom. The molecule has 3 aromatic carbocycles.